The number of hydrogen-bond donors (Lipinski definition) is 9. The SMILES string of the molecule is CC(C)CC(NC(=O)C(N)Cc1c[nH]c2ccccc12)C(=O)NC(CC(N)=O)C(=O)NC(CCCN=C(N)N)C(=O)O. The molecule has 4 amide bonds. The van der Waals surface area contributed by atoms with E-state index in [1.807, 2.05) is 38.1 Å². The summed E-state index contributed by atoms with van der Waals surface area (Å²) >= 11 is 0. The number of aromatic nitrogens is 1. The highest BCUT2D eigenvalue weighted by atomic mass is 16.4. The lowest BCUT2D eigenvalue weighted by atomic mass is 10.0. The van der Waals surface area contributed by atoms with Gasteiger partial charge < -0.3 is 49.0 Å². The molecule has 230 valence electrons. The summed E-state index contributed by atoms with van der Waals surface area (Å²) in [4.78, 5) is 69.5. The molecule has 0 saturated heterocycles. The first-order chi connectivity index (χ1) is 19.8. The van der Waals surface area contributed by atoms with E-state index in [-0.39, 0.29) is 44.1 Å². The van der Waals surface area contributed by atoms with Gasteiger partial charge in [0.2, 0.25) is 23.6 Å². The molecule has 15 nitrogen and oxygen atoms in total. The van der Waals surface area contributed by atoms with Gasteiger partial charge in [-0.1, -0.05) is 32.0 Å². The summed E-state index contributed by atoms with van der Waals surface area (Å²) in [6.45, 7) is 3.82. The van der Waals surface area contributed by atoms with Crippen molar-refractivity contribution in [2.24, 2.45) is 33.8 Å². The summed E-state index contributed by atoms with van der Waals surface area (Å²) in [5.74, 6) is -4.69. The zero-order chi connectivity index (χ0) is 31.4. The highest BCUT2D eigenvalue weighted by Gasteiger charge is 2.31. The number of benzene rings is 1. The predicted octanol–water partition coefficient (Wildman–Crippen LogP) is -1.45. The van der Waals surface area contributed by atoms with Gasteiger partial charge in [-0.3, -0.25) is 24.2 Å². The second-order valence-corrected chi connectivity index (χ2v) is 10.4. The molecule has 0 saturated carbocycles. The van der Waals surface area contributed by atoms with Gasteiger partial charge in [-0.25, -0.2) is 4.79 Å². The number of aliphatic imine (C=N–C) groups is 1. The van der Waals surface area contributed by atoms with Gasteiger partial charge >= 0.3 is 5.97 Å². The van der Waals surface area contributed by atoms with Crippen molar-refractivity contribution < 1.29 is 29.1 Å². The smallest absolute Gasteiger partial charge is 0.326 e. The quantitative estimate of drug-likeness (QED) is 0.0594. The molecule has 15 heteroatoms. The number of para-hydroxylation sites is 1. The van der Waals surface area contributed by atoms with Crippen LogP contribution in [0.15, 0.2) is 35.5 Å². The van der Waals surface area contributed by atoms with Crippen molar-refractivity contribution >= 4 is 46.5 Å². The molecule has 4 unspecified atom stereocenters. The summed E-state index contributed by atoms with van der Waals surface area (Å²) in [5.41, 5.74) is 23.7. The molecule has 0 bridgehead atoms. The first kappa shape index (κ1) is 33.5. The Labute approximate surface area is 243 Å². The molecule has 2 aromatic rings. The molecule has 0 aliphatic rings. The molecule has 1 aromatic heterocycles. The first-order valence-corrected chi connectivity index (χ1v) is 13.6. The van der Waals surface area contributed by atoms with Gasteiger partial charge in [-0.2, -0.15) is 0 Å². The van der Waals surface area contributed by atoms with E-state index >= 15 is 0 Å². The third-order valence-corrected chi connectivity index (χ3v) is 6.39. The Morgan fingerprint density at radius 3 is 2.17 bits per heavy atom. The third-order valence-electron chi connectivity index (χ3n) is 6.39. The van der Waals surface area contributed by atoms with E-state index in [1.54, 1.807) is 6.20 Å². The lowest BCUT2D eigenvalue weighted by Crippen LogP contribution is -2.58. The Morgan fingerprint density at radius 1 is 0.929 bits per heavy atom. The van der Waals surface area contributed by atoms with Crippen LogP contribution in [0.2, 0.25) is 0 Å². The molecule has 0 aliphatic heterocycles. The van der Waals surface area contributed by atoms with Crippen LogP contribution in [-0.4, -0.2) is 76.4 Å². The van der Waals surface area contributed by atoms with Gasteiger partial charge in [0, 0.05) is 23.6 Å². The molecule has 42 heavy (non-hydrogen) atoms. The Morgan fingerprint density at radius 2 is 1.55 bits per heavy atom. The van der Waals surface area contributed by atoms with Crippen molar-refractivity contribution in [3.05, 3.63) is 36.0 Å². The van der Waals surface area contributed by atoms with Crippen LogP contribution >= 0.6 is 0 Å². The summed E-state index contributed by atoms with van der Waals surface area (Å²) in [6, 6.07) is 2.66. The zero-order valence-corrected chi connectivity index (χ0v) is 23.8. The lowest BCUT2D eigenvalue weighted by molar-refractivity contribution is -0.142. The number of amides is 4. The van der Waals surface area contributed by atoms with Crippen LogP contribution in [0.3, 0.4) is 0 Å². The topological polar surface area (TPSA) is 274 Å². The molecule has 1 heterocycles. The predicted molar refractivity (Wildman–Crippen MR) is 157 cm³/mol. The van der Waals surface area contributed by atoms with Gasteiger partial charge in [0.1, 0.15) is 18.1 Å². The van der Waals surface area contributed by atoms with Crippen LogP contribution in [0, 0.1) is 5.92 Å². The third kappa shape index (κ3) is 10.7. The van der Waals surface area contributed by atoms with E-state index < -0.39 is 60.2 Å². The van der Waals surface area contributed by atoms with Crippen LogP contribution in [0.5, 0.6) is 0 Å². The van der Waals surface area contributed by atoms with E-state index in [0.717, 1.165) is 16.5 Å². The minimum atomic E-state index is -1.49. The molecular weight excluding hydrogens is 546 g/mol. The summed E-state index contributed by atoms with van der Waals surface area (Å²) in [7, 11) is 0. The van der Waals surface area contributed by atoms with Crippen LogP contribution in [0.1, 0.15) is 45.1 Å². The van der Waals surface area contributed by atoms with Crippen molar-refractivity contribution in [2.45, 2.75) is 70.1 Å². The maximum Gasteiger partial charge on any atom is 0.326 e. The fourth-order valence-corrected chi connectivity index (χ4v) is 4.33. The van der Waals surface area contributed by atoms with Gasteiger partial charge in [0.05, 0.1) is 12.5 Å². The normalized spacial score (nSPS) is 13.9. The van der Waals surface area contributed by atoms with Gasteiger partial charge in [0.25, 0.3) is 0 Å². The van der Waals surface area contributed by atoms with Crippen molar-refractivity contribution in [1.29, 1.82) is 0 Å². The summed E-state index contributed by atoms with van der Waals surface area (Å²) in [6.07, 6.45) is 1.80. The van der Waals surface area contributed by atoms with Crippen molar-refractivity contribution in [3.63, 3.8) is 0 Å². The number of nitrogens with zero attached hydrogens (tertiary/aromatic N) is 1. The molecular formula is C27H41N9O6. The molecule has 2 rings (SSSR count). The van der Waals surface area contributed by atoms with Crippen LogP contribution in [-0.2, 0) is 30.4 Å². The molecule has 0 aliphatic carbocycles. The fourth-order valence-electron chi connectivity index (χ4n) is 4.33. The Bertz CT molecular complexity index is 1290. The average molecular weight is 588 g/mol. The molecule has 4 atom stereocenters. The van der Waals surface area contributed by atoms with E-state index in [2.05, 4.69) is 25.9 Å². The number of guanidine groups is 1. The Balaban J connectivity index is 2.11. The number of carboxylic acid groups (broad SMARTS) is 1. The number of nitrogens with two attached hydrogens (primary N) is 4. The second-order valence-electron chi connectivity index (χ2n) is 10.4. The number of carbonyl (C=O) groups is 5. The van der Waals surface area contributed by atoms with Gasteiger partial charge in [-0.05, 0) is 43.2 Å². The van der Waals surface area contributed by atoms with Crippen molar-refractivity contribution in [1.82, 2.24) is 20.9 Å². The molecule has 0 spiro atoms. The number of carboxylic acids is 1. The average Bonchev–Trinajstić information content (AvgIpc) is 3.31. The van der Waals surface area contributed by atoms with Crippen LogP contribution in [0.4, 0.5) is 0 Å². The number of fused-ring (bicyclic) bond motifs is 1. The molecule has 0 radical (unpaired) electrons. The highest BCUT2D eigenvalue weighted by Crippen LogP contribution is 2.19. The number of primary amides is 1. The van der Waals surface area contributed by atoms with Crippen molar-refractivity contribution in [3.8, 4) is 0 Å². The first-order valence-electron chi connectivity index (χ1n) is 13.6. The van der Waals surface area contributed by atoms with E-state index in [9.17, 15) is 29.1 Å². The maximum absolute atomic E-state index is 13.3. The number of aromatic amines is 1. The number of rotatable bonds is 17. The number of hydrogen-bond acceptors (Lipinski definition) is 7. The molecule has 0 fully saturated rings. The second kappa shape index (κ2) is 16.0. The lowest BCUT2D eigenvalue weighted by Gasteiger charge is -2.25. The fraction of sp³-hybridized carbons (Fsp3) is 0.481. The van der Waals surface area contributed by atoms with Crippen molar-refractivity contribution in [2.75, 3.05) is 6.54 Å². The van der Waals surface area contributed by atoms with E-state index in [1.165, 1.54) is 0 Å². The standard InChI is InChI=1S/C27H41N9O6/c1-14(2)10-20(35-23(38)17(28)11-15-13-33-18-7-4-3-6-16(15)18)24(39)36-21(12-22(29)37)25(40)34-19(26(41)42)8-5-9-32-27(30)31/h3-4,6-7,13-14,17,19-21,33H,5,8-12,28H2,1-2H3,(H2,29,37)(H,34,40)(H,35,38)(H,36,39)(H,41,42)(H4,30,31,32). The number of carbonyl (C=O) groups excluding carboxylic acids is 4. The number of aliphatic carboxylic acids is 1. The van der Waals surface area contributed by atoms with E-state index in [4.69, 9.17) is 22.9 Å². The maximum atomic E-state index is 13.3. The highest BCUT2D eigenvalue weighted by molar-refractivity contribution is 5.96. The van der Waals surface area contributed by atoms with Crippen LogP contribution in [0.25, 0.3) is 10.9 Å². The monoisotopic (exact) mass is 587 g/mol. The van der Waals surface area contributed by atoms with E-state index in [0.29, 0.717) is 0 Å². The largest absolute Gasteiger partial charge is 0.480 e. The summed E-state index contributed by atoms with van der Waals surface area (Å²) in [5, 5.41) is 17.8. The van der Waals surface area contributed by atoms with Gasteiger partial charge in [0.15, 0.2) is 5.96 Å². The minimum absolute atomic E-state index is 0.0184. The zero-order valence-electron chi connectivity index (χ0n) is 23.8. The Kier molecular flexibility index (Phi) is 12.7. The Hall–Kier alpha value is -4.66. The minimum Gasteiger partial charge on any atom is -0.480 e. The van der Waals surface area contributed by atoms with Gasteiger partial charge in [-0.15, -0.1) is 0 Å². The van der Waals surface area contributed by atoms with Crippen LogP contribution < -0.4 is 38.9 Å². The number of H-pyrrole nitrogens is 1. The molecule has 13 N–H and O–H groups in total. The molecule has 1 aromatic carbocycles. The summed E-state index contributed by atoms with van der Waals surface area (Å²) < 4.78 is 0. The number of nitrogens with one attached hydrogen (secondary N) is 4.